The summed E-state index contributed by atoms with van der Waals surface area (Å²) in [6.07, 6.45) is 6.66. The van der Waals surface area contributed by atoms with E-state index in [0.717, 1.165) is 41.0 Å². The van der Waals surface area contributed by atoms with Crippen LogP contribution in [-0.4, -0.2) is 37.3 Å². The molecule has 5 heteroatoms. The van der Waals surface area contributed by atoms with E-state index in [-0.39, 0.29) is 12.6 Å². The van der Waals surface area contributed by atoms with Gasteiger partial charge in [0.2, 0.25) is 0 Å². The minimum absolute atomic E-state index is 0.0755. The number of carbonyl (C=O) groups is 1. The number of aryl methyl sites for hydroxylation is 1. The fourth-order valence-corrected chi connectivity index (χ4v) is 3.43. The van der Waals surface area contributed by atoms with Gasteiger partial charge in [0.1, 0.15) is 11.4 Å². The number of rotatable bonds is 5. The standard InChI is InChI=1S/C20H26N2O3/c1-3-24-17(23)14-25-20-15(2)13-16-9-8-10-21-18(16)19(20)22-11-6-4-5-7-12-22/h8-10,13H,3-7,11-12,14H2,1-2H3. The highest BCUT2D eigenvalue weighted by Gasteiger charge is 2.21. The van der Waals surface area contributed by atoms with Crippen LogP contribution in [-0.2, 0) is 9.53 Å². The highest BCUT2D eigenvalue weighted by molar-refractivity contribution is 5.95. The number of benzene rings is 1. The minimum Gasteiger partial charge on any atom is -0.479 e. The SMILES string of the molecule is CCOC(=O)COc1c(C)cc2cccnc2c1N1CCCCCC1. The van der Waals surface area contributed by atoms with E-state index in [2.05, 4.69) is 22.0 Å². The second-order valence-electron chi connectivity index (χ2n) is 6.44. The summed E-state index contributed by atoms with van der Waals surface area (Å²) in [6, 6.07) is 6.10. The first-order valence-electron chi connectivity index (χ1n) is 9.12. The number of pyridine rings is 1. The van der Waals surface area contributed by atoms with Crippen LogP contribution >= 0.6 is 0 Å². The van der Waals surface area contributed by atoms with Crippen LogP contribution in [0.1, 0.15) is 38.2 Å². The Morgan fingerprint density at radius 3 is 2.72 bits per heavy atom. The second kappa shape index (κ2) is 8.19. The zero-order valence-corrected chi connectivity index (χ0v) is 15.1. The van der Waals surface area contributed by atoms with Crippen molar-refractivity contribution in [2.75, 3.05) is 31.2 Å². The Kier molecular flexibility index (Phi) is 5.74. The summed E-state index contributed by atoms with van der Waals surface area (Å²) < 4.78 is 10.9. The summed E-state index contributed by atoms with van der Waals surface area (Å²) in [5.41, 5.74) is 2.97. The van der Waals surface area contributed by atoms with Crippen molar-refractivity contribution in [3.05, 3.63) is 30.0 Å². The molecule has 0 saturated carbocycles. The van der Waals surface area contributed by atoms with Gasteiger partial charge in [-0.3, -0.25) is 4.98 Å². The van der Waals surface area contributed by atoms with E-state index in [1.165, 1.54) is 25.7 Å². The van der Waals surface area contributed by atoms with E-state index >= 15 is 0 Å². The zero-order chi connectivity index (χ0) is 17.6. The fraction of sp³-hybridized carbons (Fsp3) is 0.500. The lowest BCUT2D eigenvalue weighted by Crippen LogP contribution is -2.26. The quantitative estimate of drug-likeness (QED) is 0.772. The van der Waals surface area contributed by atoms with Crippen LogP contribution in [0.2, 0.25) is 0 Å². The molecule has 1 saturated heterocycles. The molecule has 3 rings (SSSR count). The molecule has 0 radical (unpaired) electrons. The Hall–Kier alpha value is -2.30. The monoisotopic (exact) mass is 342 g/mol. The average Bonchev–Trinajstić information content (AvgIpc) is 2.89. The van der Waals surface area contributed by atoms with Gasteiger partial charge in [0, 0.05) is 24.7 Å². The minimum atomic E-state index is -0.343. The number of hydrogen-bond acceptors (Lipinski definition) is 5. The van der Waals surface area contributed by atoms with Gasteiger partial charge in [-0.2, -0.15) is 0 Å². The third-order valence-corrected chi connectivity index (χ3v) is 4.57. The topological polar surface area (TPSA) is 51.7 Å². The number of nitrogens with zero attached hydrogens (tertiary/aromatic N) is 2. The summed E-state index contributed by atoms with van der Waals surface area (Å²) in [6.45, 7) is 6.09. The molecule has 2 aromatic rings. The van der Waals surface area contributed by atoms with E-state index in [1.807, 2.05) is 19.2 Å². The molecule has 1 fully saturated rings. The molecule has 0 unspecified atom stereocenters. The lowest BCUT2D eigenvalue weighted by atomic mass is 10.1. The molecule has 0 spiro atoms. The summed E-state index contributed by atoms with van der Waals surface area (Å²) in [5, 5.41) is 1.10. The molecule has 0 atom stereocenters. The van der Waals surface area contributed by atoms with Crippen molar-refractivity contribution < 1.29 is 14.3 Å². The Morgan fingerprint density at radius 1 is 1.24 bits per heavy atom. The number of aromatic nitrogens is 1. The van der Waals surface area contributed by atoms with Gasteiger partial charge in [-0.25, -0.2) is 4.79 Å². The molecular weight excluding hydrogens is 316 g/mol. The molecule has 0 amide bonds. The van der Waals surface area contributed by atoms with Crippen molar-refractivity contribution in [2.45, 2.75) is 39.5 Å². The highest BCUT2D eigenvalue weighted by atomic mass is 16.6. The summed E-state index contributed by atoms with van der Waals surface area (Å²) in [4.78, 5) is 18.7. The van der Waals surface area contributed by atoms with Crippen LogP contribution in [0.15, 0.2) is 24.4 Å². The Balaban J connectivity index is 2.02. The number of anilines is 1. The first kappa shape index (κ1) is 17.5. The lowest BCUT2D eigenvalue weighted by Gasteiger charge is -2.27. The first-order valence-corrected chi connectivity index (χ1v) is 9.12. The largest absolute Gasteiger partial charge is 0.479 e. The van der Waals surface area contributed by atoms with Gasteiger partial charge in [-0.15, -0.1) is 0 Å². The predicted octanol–water partition coefficient (Wildman–Crippen LogP) is 3.87. The molecule has 1 aliphatic heterocycles. The fourth-order valence-electron chi connectivity index (χ4n) is 3.43. The van der Waals surface area contributed by atoms with Crippen molar-refractivity contribution in [1.82, 2.24) is 4.98 Å². The van der Waals surface area contributed by atoms with Gasteiger partial charge in [0.15, 0.2) is 6.61 Å². The van der Waals surface area contributed by atoms with Gasteiger partial charge < -0.3 is 14.4 Å². The van der Waals surface area contributed by atoms with Crippen LogP contribution in [0.25, 0.3) is 10.9 Å². The van der Waals surface area contributed by atoms with Crippen molar-refractivity contribution in [1.29, 1.82) is 0 Å². The third-order valence-electron chi connectivity index (χ3n) is 4.57. The van der Waals surface area contributed by atoms with Crippen molar-refractivity contribution in [3.8, 4) is 5.75 Å². The maximum atomic E-state index is 11.8. The lowest BCUT2D eigenvalue weighted by molar-refractivity contribution is -0.145. The normalized spacial score (nSPS) is 15.0. The van der Waals surface area contributed by atoms with Gasteiger partial charge in [-0.05, 0) is 44.4 Å². The smallest absolute Gasteiger partial charge is 0.344 e. The third kappa shape index (κ3) is 4.03. The van der Waals surface area contributed by atoms with Crippen LogP contribution in [0.4, 0.5) is 5.69 Å². The van der Waals surface area contributed by atoms with Gasteiger partial charge in [0.25, 0.3) is 0 Å². The van der Waals surface area contributed by atoms with Gasteiger partial charge in [-0.1, -0.05) is 18.9 Å². The number of esters is 1. The van der Waals surface area contributed by atoms with E-state index in [0.29, 0.717) is 6.61 Å². The zero-order valence-electron chi connectivity index (χ0n) is 15.1. The molecule has 0 aliphatic carbocycles. The maximum absolute atomic E-state index is 11.8. The average molecular weight is 342 g/mol. The van der Waals surface area contributed by atoms with Crippen LogP contribution in [0, 0.1) is 6.92 Å². The molecule has 0 bridgehead atoms. The summed E-state index contributed by atoms with van der Waals surface area (Å²) >= 11 is 0. The van der Waals surface area contributed by atoms with E-state index < -0.39 is 0 Å². The molecule has 134 valence electrons. The van der Waals surface area contributed by atoms with Crippen LogP contribution in [0.3, 0.4) is 0 Å². The molecule has 1 aliphatic rings. The molecule has 0 N–H and O–H groups in total. The Bertz CT molecular complexity index is 737. The number of hydrogen-bond donors (Lipinski definition) is 0. The Morgan fingerprint density at radius 2 is 2.00 bits per heavy atom. The Labute approximate surface area is 148 Å². The van der Waals surface area contributed by atoms with Crippen LogP contribution < -0.4 is 9.64 Å². The highest BCUT2D eigenvalue weighted by Crippen LogP contribution is 2.39. The van der Waals surface area contributed by atoms with Crippen molar-refractivity contribution in [2.24, 2.45) is 0 Å². The molecule has 1 aromatic carbocycles. The van der Waals surface area contributed by atoms with Gasteiger partial charge >= 0.3 is 5.97 Å². The predicted molar refractivity (Wildman–Crippen MR) is 99.3 cm³/mol. The van der Waals surface area contributed by atoms with E-state index in [1.54, 1.807) is 6.92 Å². The molecule has 5 nitrogen and oxygen atoms in total. The van der Waals surface area contributed by atoms with Crippen molar-refractivity contribution >= 4 is 22.6 Å². The first-order chi connectivity index (χ1) is 12.2. The number of carbonyl (C=O) groups excluding carboxylic acids is 1. The van der Waals surface area contributed by atoms with E-state index in [9.17, 15) is 4.79 Å². The summed E-state index contributed by atoms with van der Waals surface area (Å²) in [7, 11) is 0. The molecule has 1 aromatic heterocycles. The van der Waals surface area contributed by atoms with E-state index in [4.69, 9.17) is 9.47 Å². The van der Waals surface area contributed by atoms with Gasteiger partial charge in [0.05, 0.1) is 12.1 Å². The maximum Gasteiger partial charge on any atom is 0.344 e. The van der Waals surface area contributed by atoms with Crippen molar-refractivity contribution in [3.63, 3.8) is 0 Å². The second-order valence-corrected chi connectivity index (χ2v) is 6.44. The van der Waals surface area contributed by atoms with Crippen LogP contribution in [0.5, 0.6) is 5.75 Å². The molecule has 25 heavy (non-hydrogen) atoms. The number of fused-ring (bicyclic) bond motifs is 1. The molecule has 2 heterocycles. The number of ether oxygens (including phenoxy) is 2. The summed E-state index contributed by atoms with van der Waals surface area (Å²) in [5.74, 6) is 0.408. The molecular formula is C20H26N2O3.